The van der Waals surface area contributed by atoms with Crippen molar-refractivity contribution in [2.45, 2.75) is 0 Å². The quantitative estimate of drug-likeness (QED) is 0.290. The molecule has 0 bridgehead atoms. The molecule has 0 saturated carbocycles. The zero-order valence-electron chi connectivity index (χ0n) is 20.1. The maximum Gasteiger partial charge on any atom is 0.270 e. The second-order valence-corrected chi connectivity index (χ2v) is 8.07. The Hall–Kier alpha value is -4.60. The lowest BCUT2D eigenvalue weighted by Crippen LogP contribution is -2.41. The smallest absolute Gasteiger partial charge is 0.270 e. The fourth-order valence-corrected chi connectivity index (χ4v) is 3.75. The first-order chi connectivity index (χ1) is 18.1. The van der Waals surface area contributed by atoms with Crippen LogP contribution in [0.3, 0.4) is 0 Å². The molecule has 0 aliphatic carbocycles. The monoisotopic (exact) mass is 497 g/mol. The number of hydrogen-bond donors (Lipinski definition) is 3. The number of benzene rings is 2. The van der Waals surface area contributed by atoms with Crippen LogP contribution in [0.25, 0.3) is 23.0 Å². The van der Waals surface area contributed by atoms with Crippen LogP contribution in [-0.2, 0) is 4.79 Å². The van der Waals surface area contributed by atoms with E-state index in [0.29, 0.717) is 16.8 Å². The minimum absolute atomic E-state index is 0.00329. The zero-order chi connectivity index (χ0) is 26.0. The van der Waals surface area contributed by atoms with Gasteiger partial charge in [-0.15, -0.1) is 0 Å². The predicted octanol–water partition coefficient (Wildman–Crippen LogP) is 2.52. The van der Waals surface area contributed by atoms with E-state index in [1.54, 1.807) is 65.7 Å². The standard InChI is InChI=1S/C28H27N5O4/c34-16-14-32(15-17-35)28(37)25(30-27(36)21-8-3-1-4-9-21)18-23-20-33(24-11-5-2-6-12-24)31-26(23)22-10-7-13-29-19-22/h1-13,18-20,34-35H,14-17H2,(H,30,36)/b25-18-. The third kappa shape index (κ3) is 6.35. The Balaban J connectivity index is 1.82. The molecule has 0 saturated heterocycles. The van der Waals surface area contributed by atoms with Gasteiger partial charge >= 0.3 is 0 Å². The fraction of sp³-hybridized carbons (Fsp3) is 0.143. The lowest BCUT2D eigenvalue weighted by molar-refractivity contribution is -0.128. The number of pyridine rings is 1. The first-order valence-corrected chi connectivity index (χ1v) is 11.7. The van der Waals surface area contributed by atoms with E-state index < -0.39 is 11.8 Å². The second-order valence-electron chi connectivity index (χ2n) is 8.07. The summed E-state index contributed by atoms with van der Waals surface area (Å²) in [5.41, 5.74) is 3.04. The van der Waals surface area contributed by atoms with E-state index in [9.17, 15) is 19.8 Å². The third-order valence-corrected chi connectivity index (χ3v) is 5.54. The van der Waals surface area contributed by atoms with E-state index in [2.05, 4.69) is 10.3 Å². The molecule has 0 radical (unpaired) electrons. The Morgan fingerprint density at radius 2 is 1.59 bits per heavy atom. The lowest BCUT2D eigenvalue weighted by atomic mass is 10.1. The van der Waals surface area contributed by atoms with Gasteiger partial charge in [0.05, 0.1) is 18.9 Å². The van der Waals surface area contributed by atoms with E-state index in [-0.39, 0.29) is 32.0 Å². The van der Waals surface area contributed by atoms with Crippen molar-refractivity contribution in [3.8, 4) is 16.9 Å². The number of nitrogens with one attached hydrogen (secondary N) is 1. The summed E-state index contributed by atoms with van der Waals surface area (Å²) in [5, 5.41) is 26.4. The van der Waals surface area contributed by atoms with Crippen LogP contribution in [0.5, 0.6) is 0 Å². The number of carbonyl (C=O) groups excluding carboxylic acids is 2. The molecule has 188 valence electrons. The van der Waals surface area contributed by atoms with E-state index >= 15 is 0 Å². The van der Waals surface area contributed by atoms with E-state index in [1.165, 1.54) is 4.90 Å². The van der Waals surface area contributed by atoms with Gasteiger partial charge in [0.2, 0.25) is 0 Å². The number of rotatable bonds is 10. The van der Waals surface area contributed by atoms with Crippen molar-refractivity contribution in [3.63, 3.8) is 0 Å². The lowest BCUT2D eigenvalue weighted by Gasteiger charge is -2.22. The summed E-state index contributed by atoms with van der Waals surface area (Å²) in [6, 6.07) is 21.7. The highest BCUT2D eigenvalue weighted by Gasteiger charge is 2.22. The molecule has 0 aliphatic rings. The molecule has 37 heavy (non-hydrogen) atoms. The summed E-state index contributed by atoms with van der Waals surface area (Å²) in [6.07, 6.45) is 6.65. The van der Waals surface area contributed by atoms with Crippen LogP contribution >= 0.6 is 0 Å². The number of aliphatic hydroxyl groups is 2. The molecule has 2 amide bonds. The summed E-state index contributed by atoms with van der Waals surface area (Å²) >= 11 is 0. The van der Waals surface area contributed by atoms with Crippen LogP contribution in [-0.4, -0.2) is 68.0 Å². The number of aromatic nitrogens is 3. The molecule has 0 fully saturated rings. The fourth-order valence-electron chi connectivity index (χ4n) is 3.75. The molecule has 2 heterocycles. The molecule has 4 rings (SSSR count). The highest BCUT2D eigenvalue weighted by atomic mass is 16.3. The minimum Gasteiger partial charge on any atom is -0.395 e. The molecular weight excluding hydrogens is 470 g/mol. The van der Waals surface area contributed by atoms with Gasteiger partial charge in [0.1, 0.15) is 11.4 Å². The van der Waals surface area contributed by atoms with E-state index in [1.807, 2.05) is 36.4 Å². The normalized spacial score (nSPS) is 11.2. The highest BCUT2D eigenvalue weighted by Crippen LogP contribution is 2.25. The van der Waals surface area contributed by atoms with Crippen LogP contribution in [0.15, 0.2) is 97.1 Å². The SMILES string of the molecule is O=C(N/C(=C\c1cn(-c2ccccc2)nc1-c1cccnc1)C(=O)N(CCO)CCO)c1ccccc1. The van der Waals surface area contributed by atoms with E-state index in [4.69, 9.17) is 5.10 Å². The van der Waals surface area contributed by atoms with Gasteiger partial charge in [-0.3, -0.25) is 14.6 Å². The maximum atomic E-state index is 13.5. The summed E-state index contributed by atoms with van der Waals surface area (Å²) in [4.78, 5) is 32.0. The maximum absolute atomic E-state index is 13.5. The number of nitrogens with zero attached hydrogens (tertiary/aromatic N) is 4. The average Bonchev–Trinajstić information content (AvgIpc) is 3.37. The van der Waals surface area contributed by atoms with E-state index in [0.717, 1.165) is 11.3 Å². The van der Waals surface area contributed by atoms with Crippen molar-refractivity contribution < 1.29 is 19.8 Å². The number of carbonyl (C=O) groups is 2. The largest absolute Gasteiger partial charge is 0.395 e. The Morgan fingerprint density at radius 3 is 2.22 bits per heavy atom. The summed E-state index contributed by atoms with van der Waals surface area (Å²) in [6.45, 7) is -0.593. The van der Waals surface area contributed by atoms with Gasteiger partial charge in [0.15, 0.2) is 0 Å². The topological polar surface area (TPSA) is 121 Å². The van der Waals surface area contributed by atoms with Gasteiger partial charge in [-0.2, -0.15) is 5.10 Å². The molecule has 9 nitrogen and oxygen atoms in total. The molecule has 4 aromatic rings. The van der Waals surface area contributed by atoms with Crippen molar-refractivity contribution in [2.75, 3.05) is 26.3 Å². The number of amides is 2. The molecule has 2 aromatic heterocycles. The molecular formula is C28H27N5O4. The summed E-state index contributed by atoms with van der Waals surface area (Å²) in [7, 11) is 0. The zero-order valence-corrected chi connectivity index (χ0v) is 20.1. The Bertz CT molecular complexity index is 1350. The van der Waals surface area contributed by atoms with Crippen molar-refractivity contribution in [1.82, 2.24) is 25.0 Å². The van der Waals surface area contributed by atoms with Gasteiger partial charge in [0.25, 0.3) is 11.8 Å². The number of aliphatic hydroxyl groups excluding tert-OH is 2. The van der Waals surface area contributed by atoms with Crippen molar-refractivity contribution >= 4 is 17.9 Å². The van der Waals surface area contributed by atoms with Crippen LogP contribution in [0.4, 0.5) is 0 Å². The molecule has 0 unspecified atom stereocenters. The first-order valence-electron chi connectivity index (χ1n) is 11.7. The first kappa shape index (κ1) is 25.5. The molecule has 9 heteroatoms. The molecule has 0 spiro atoms. The van der Waals surface area contributed by atoms with Crippen molar-refractivity contribution in [2.24, 2.45) is 0 Å². The van der Waals surface area contributed by atoms with Crippen molar-refractivity contribution in [1.29, 1.82) is 0 Å². The van der Waals surface area contributed by atoms with Crippen LogP contribution in [0, 0.1) is 0 Å². The second kappa shape index (κ2) is 12.4. The van der Waals surface area contributed by atoms with Crippen LogP contribution in [0.2, 0.25) is 0 Å². The van der Waals surface area contributed by atoms with Gasteiger partial charge in [-0.05, 0) is 42.5 Å². The summed E-state index contributed by atoms with van der Waals surface area (Å²) < 4.78 is 1.69. The Kier molecular flexibility index (Phi) is 8.53. The Labute approximate surface area is 214 Å². The Morgan fingerprint density at radius 1 is 0.919 bits per heavy atom. The molecule has 3 N–H and O–H groups in total. The van der Waals surface area contributed by atoms with Crippen molar-refractivity contribution in [3.05, 3.63) is 108 Å². The molecule has 0 aliphatic heterocycles. The molecule has 0 atom stereocenters. The average molecular weight is 498 g/mol. The predicted molar refractivity (Wildman–Crippen MR) is 139 cm³/mol. The van der Waals surface area contributed by atoms with Crippen LogP contribution < -0.4 is 5.32 Å². The van der Waals surface area contributed by atoms with Crippen LogP contribution in [0.1, 0.15) is 15.9 Å². The number of hydrogen-bond acceptors (Lipinski definition) is 6. The van der Waals surface area contributed by atoms with Gasteiger partial charge in [-0.1, -0.05) is 36.4 Å². The summed E-state index contributed by atoms with van der Waals surface area (Å²) in [5.74, 6) is -1.01. The van der Waals surface area contributed by atoms with Gasteiger partial charge in [0, 0.05) is 48.4 Å². The number of para-hydroxylation sites is 1. The third-order valence-electron chi connectivity index (χ3n) is 5.54. The highest BCUT2D eigenvalue weighted by molar-refractivity contribution is 6.05. The minimum atomic E-state index is -0.544. The van der Waals surface area contributed by atoms with Gasteiger partial charge in [-0.25, -0.2) is 4.68 Å². The van der Waals surface area contributed by atoms with Gasteiger partial charge < -0.3 is 20.4 Å². The molecule has 2 aromatic carbocycles.